The van der Waals surface area contributed by atoms with Crippen LogP contribution in [-0.4, -0.2) is 5.97 Å². The molecule has 0 aromatic heterocycles. The molecule has 0 saturated heterocycles. The summed E-state index contributed by atoms with van der Waals surface area (Å²) in [4.78, 5) is 11.8. The van der Waals surface area contributed by atoms with Crippen molar-refractivity contribution in [3.8, 4) is 5.75 Å². The Hall–Kier alpha value is -2.23. The second kappa shape index (κ2) is 5.18. The molecule has 2 rings (SSSR count). The number of halogens is 2. The first-order valence-electron chi connectivity index (χ1n) is 5.72. The predicted molar refractivity (Wildman–Crippen MR) is 67.2 cm³/mol. The Balaban J connectivity index is 2.25. The molecule has 0 aliphatic heterocycles. The third kappa shape index (κ3) is 2.78. The van der Waals surface area contributed by atoms with Gasteiger partial charge in [-0.05, 0) is 37.6 Å². The Morgan fingerprint density at radius 1 is 0.947 bits per heavy atom. The molecule has 19 heavy (non-hydrogen) atoms. The molecule has 0 unspecified atom stereocenters. The molecule has 2 nitrogen and oxygen atoms in total. The fourth-order valence-corrected chi connectivity index (χ4v) is 1.57. The van der Waals surface area contributed by atoms with E-state index in [-0.39, 0.29) is 11.3 Å². The monoisotopic (exact) mass is 262 g/mol. The molecule has 0 saturated carbocycles. The van der Waals surface area contributed by atoms with Crippen LogP contribution in [0.4, 0.5) is 8.78 Å². The summed E-state index contributed by atoms with van der Waals surface area (Å²) in [6, 6.07) is 9.25. The molecule has 0 N–H and O–H groups in total. The summed E-state index contributed by atoms with van der Waals surface area (Å²) in [5.74, 6) is -2.84. The van der Waals surface area contributed by atoms with Gasteiger partial charge < -0.3 is 4.74 Å². The first-order valence-corrected chi connectivity index (χ1v) is 5.72. The predicted octanol–water partition coefficient (Wildman–Crippen LogP) is 3.80. The van der Waals surface area contributed by atoms with E-state index in [4.69, 9.17) is 4.74 Å². The van der Waals surface area contributed by atoms with Crippen molar-refractivity contribution in [1.82, 2.24) is 0 Å². The summed E-state index contributed by atoms with van der Waals surface area (Å²) in [6.45, 7) is 3.31. The SMILES string of the molecule is Cc1ccc(OC(=O)c2ccc(C)c(F)c2F)cc1. The van der Waals surface area contributed by atoms with E-state index in [9.17, 15) is 13.6 Å². The molecule has 0 amide bonds. The van der Waals surface area contributed by atoms with Crippen molar-refractivity contribution in [1.29, 1.82) is 0 Å². The highest BCUT2D eigenvalue weighted by Crippen LogP contribution is 2.18. The average molecular weight is 262 g/mol. The summed E-state index contributed by atoms with van der Waals surface area (Å²) in [6.07, 6.45) is 0. The van der Waals surface area contributed by atoms with Gasteiger partial charge in [-0.2, -0.15) is 0 Å². The van der Waals surface area contributed by atoms with Crippen LogP contribution in [0.15, 0.2) is 36.4 Å². The number of hydrogen-bond acceptors (Lipinski definition) is 2. The van der Waals surface area contributed by atoms with Crippen molar-refractivity contribution in [2.24, 2.45) is 0 Å². The van der Waals surface area contributed by atoms with Gasteiger partial charge in [0.1, 0.15) is 5.75 Å². The van der Waals surface area contributed by atoms with E-state index in [1.54, 1.807) is 24.3 Å². The average Bonchev–Trinajstić information content (AvgIpc) is 2.39. The smallest absolute Gasteiger partial charge is 0.346 e. The van der Waals surface area contributed by atoms with Crippen molar-refractivity contribution in [3.05, 3.63) is 64.7 Å². The number of esters is 1. The number of hydrogen-bond donors (Lipinski definition) is 0. The van der Waals surface area contributed by atoms with Gasteiger partial charge in [-0.3, -0.25) is 0 Å². The third-order valence-electron chi connectivity index (χ3n) is 2.73. The Morgan fingerprint density at radius 3 is 2.21 bits per heavy atom. The van der Waals surface area contributed by atoms with Gasteiger partial charge >= 0.3 is 5.97 Å². The fourth-order valence-electron chi connectivity index (χ4n) is 1.57. The van der Waals surface area contributed by atoms with Crippen LogP contribution in [0, 0.1) is 25.5 Å². The highest BCUT2D eigenvalue weighted by Gasteiger charge is 2.18. The lowest BCUT2D eigenvalue weighted by Crippen LogP contribution is -2.12. The summed E-state index contributed by atoms with van der Waals surface area (Å²) in [7, 11) is 0. The molecule has 0 fully saturated rings. The van der Waals surface area contributed by atoms with Crippen molar-refractivity contribution in [3.63, 3.8) is 0 Å². The van der Waals surface area contributed by atoms with Gasteiger partial charge in [-0.1, -0.05) is 23.8 Å². The molecule has 0 aliphatic carbocycles. The van der Waals surface area contributed by atoms with E-state index in [0.717, 1.165) is 5.56 Å². The third-order valence-corrected chi connectivity index (χ3v) is 2.73. The maximum absolute atomic E-state index is 13.6. The number of benzene rings is 2. The van der Waals surface area contributed by atoms with Gasteiger partial charge in [0.15, 0.2) is 11.6 Å². The molecule has 0 atom stereocenters. The molecule has 4 heteroatoms. The topological polar surface area (TPSA) is 26.3 Å². The lowest BCUT2D eigenvalue weighted by molar-refractivity contribution is 0.0728. The van der Waals surface area contributed by atoms with Crippen LogP contribution >= 0.6 is 0 Å². The second-order valence-electron chi connectivity index (χ2n) is 4.26. The molecular formula is C15H12F2O2. The van der Waals surface area contributed by atoms with E-state index in [1.165, 1.54) is 19.1 Å². The molecule has 0 heterocycles. The van der Waals surface area contributed by atoms with Crippen LogP contribution in [0.1, 0.15) is 21.5 Å². The Labute approximate surface area is 109 Å². The zero-order chi connectivity index (χ0) is 14.0. The maximum atomic E-state index is 13.6. The summed E-state index contributed by atoms with van der Waals surface area (Å²) in [5.41, 5.74) is 0.737. The second-order valence-corrected chi connectivity index (χ2v) is 4.26. The van der Waals surface area contributed by atoms with Crippen LogP contribution in [-0.2, 0) is 0 Å². The highest BCUT2D eigenvalue weighted by molar-refractivity contribution is 5.91. The number of aryl methyl sites for hydroxylation is 2. The molecule has 98 valence electrons. The molecule has 2 aromatic rings. The van der Waals surface area contributed by atoms with E-state index in [2.05, 4.69) is 0 Å². The quantitative estimate of drug-likeness (QED) is 0.607. The molecule has 0 radical (unpaired) electrons. The van der Waals surface area contributed by atoms with E-state index in [0.29, 0.717) is 0 Å². The Kier molecular flexibility index (Phi) is 3.60. The van der Waals surface area contributed by atoms with Gasteiger partial charge in [-0.25, -0.2) is 13.6 Å². The first-order chi connectivity index (χ1) is 8.99. The van der Waals surface area contributed by atoms with Gasteiger partial charge in [0, 0.05) is 0 Å². The van der Waals surface area contributed by atoms with Gasteiger partial charge in [-0.15, -0.1) is 0 Å². The number of ether oxygens (including phenoxy) is 1. The van der Waals surface area contributed by atoms with Crippen LogP contribution in [0.3, 0.4) is 0 Å². The van der Waals surface area contributed by atoms with Gasteiger partial charge in [0.05, 0.1) is 5.56 Å². The van der Waals surface area contributed by atoms with Gasteiger partial charge in [0.2, 0.25) is 0 Å². The number of carbonyl (C=O) groups excluding carboxylic acids is 1. The molecule has 0 bridgehead atoms. The van der Waals surface area contributed by atoms with Crippen molar-refractivity contribution in [2.45, 2.75) is 13.8 Å². The van der Waals surface area contributed by atoms with Crippen LogP contribution in [0.25, 0.3) is 0 Å². The summed E-state index contributed by atoms with van der Waals surface area (Å²) < 4.78 is 31.9. The van der Waals surface area contributed by atoms with E-state index in [1.807, 2.05) is 6.92 Å². The largest absolute Gasteiger partial charge is 0.423 e. The number of carbonyl (C=O) groups is 1. The van der Waals surface area contributed by atoms with E-state index < -0.39 is 23.2 Å². The lowest BCUT2D eigenvalue weighted by atomic mass is 10.1. The zero-order valence-corrected chi connectivity index (χ0v) is 10.5. The maximum Gasteiger partial charge on any atom is 0.346 e. The van der Waals surface area contributed by atoms with E-state index >= 15 is 0 Å². The van der Waals surface area contributed by atoms with Crippen molar-refractivity contribution < 1.29 is 18.3 Å². The van der Waals surface area contributed by atoms with Crippen molar-refractivity contribution >= 4 is 5.97 Å². The minimum absolute atomic E-state index is 0.143. The first kappa shape index (κ1) is 13.2. The minimum atomic E-state index is -1.18. The summed E-state index contributed by atoms with van der Waals surface area (Å²) in [5, 5.41) is 0. The Bertz CT molecular complexity index is 619. The molecule has 0 spiro atoms. The summed E-state index contributed by atoms with van der Waals surface area (Å²) >= 11 is 0. The molecule has 2 aromatic carbocycles. The Morgan fingerprint density at radius 2 is 1.58 bits per heavy atom. The zero-order valence-electron chi connectivity index (χ0n) is 10.5. The van der Waals surface area contributed by atoms with Crippen molar-refractivity contribution in [2.75, 3.05) is 0 Å². The fraction of sp³-hybridized carbons (Fsp3) is 0.133. The van der Waals surface area contributed by atoms with Crippen LogP contribution < -0.4 is 4.74 Å². The van der Waals surface area contributed by atoms with Crippen LogP contribution in [0.5, 0.6) is 5.75 Å². The standard InChI is InChI=1S/C15H12F2O2/c1-9-3-6-11(7-4-9)19-15(18)12-8-5-10(2)13(16)14(12)17/h3-8H,1-2H3. The van der Waals surface area contributed by atoms with Crippen LogP contribution in [0.2, 0.25) is 0 Å². The normalized spacial score (nSPS) is 10.3. The molecule has 0 aliphatic rings. The molecular weight excluding hydrogens is 250 g/mol. The minimum Gasteiger partial charge on any atom is -0.423 e. The van der Waals surface area contributed by atoms with Gasteiger partial charge in [0.25, 0.3) is 0 Å². The number of rotatable bonds is 2. The highest BCUT2D eigenvalue weighted by atomic mass is 19.2. The lowest BCUT2D eigenvalue weighted by Gasteiger charge is -2.07.